The molecule has 0 amide bonds. The molecular formula is C42H66O3. The summed E-state index contributed by atoms with van der Waals surface area (Å²) >= 11 is 0. The summed E-state index contributed by atoms with van der Waals surface area (Å²) in [6, 6.07) is 9.14. The van der Waals surface area contributed by atoms with Gasteiger partial charge >= 0.3 is 0 Å². The number of benzene rings is 2. The Bertz CT molecular complexity index is 1030. The first kappa shape index (κ1) is 35.7. The molecule has 0 spiro atoms. The third kappa shape index (κ3) is 10.4. The van der Waals surface area contributed by atoms with Gasteiger partial charge in [0.2, 0.25) is 0 Å². The number of hydrogen-bond acceptors (Lipinski definition) is 3. The highest BCUT2D eigenvalue weighted by molar-refractivity contribution is 5.58. The quantitative estimate of drug-likeness (QED) is 0.110. The highest BCUT2D eigenvalue weighted by Crippen LogP contribution is 2.47. The zero-order valence-electron chi connectivity index (χ0n) is 29.7. The number of rotatable bonds is 24. The van der Waals surface area contributed by atoms with Gasteiger partial charge in [0.05, 0.1) is 13.2 Å². The fourth-order valence-corrected chi connectivity index (χ4v) is 7.84. The maximum Gasteiger partial charge on any atom is 0.134 e. The number of unbranched alkanes of at least 4 members (excludes halogenated alkanes) is 12. The summed E-state index contributed by atoms with van der Waals surface area (Å²) in [5, 5.41) is 0. The van der Waals surface area contributed by atoms with Gasteiger partial charge in [-0.25, -0.2) is 0 Å². The summed E-state index contributed by atoms with van der Waals surface area (Å²) in [4.78, 5) is 0. The number of ether oxygens (including phenoxy) is 3. The van der Waals surface area contributed by atoms with Gasteiger partial charge in [-0.1, -0.05) is 143 Å². The van der Waals surface area contributed by atoms with Gasteiger partial charge in [0.25, 0.3) is 0 Å². The van der Waals surface area contributed by atoms with E-state index in [1.165, 1.54) is 151 Å². The molecular weight excluding hydrogens is 552 g/mol. The molecule has 0 aromatic heterocycles. The summed E-state index contributed by atoms with van der Waals surface area (Å²) in [5.41, 5.74) is 5.37. The minimum absolute atomic E-state index is 0.579. The molecule has 0 bridgehead atoms. The molecule has 2 aromatic rings. The van der Waals surface area contributed by atoms with Crippen molar-refractivity contribution in [3.8, 4) is 23.0 Å². The molecule has 4 rings (SSSR count). The van der Waals surface area contributed by atoms with Gasteiger partial charge < -0.3 is 14.2 Å². The van der Waals surface area contributed by atoms with Gasteiger partial charge in [0, 0.05) is 24.0 Å². The zero-order valence-corrected chi connectivity index (χ0v) is 29.7. The van der Waals surface area contributed by atoms with Crippen LogP contribution in [0.5, 0.6) is 23.0 Å². The number of hydrogen-bond donors (Lipinski definition) is 0. The highest BCUT2D eigenvalue weighted by Gasteiger charge is 2.29. The van der Waals surface area contributed by atoms with E-state index < -0.39 is 0 Å². The molecule has 2 unspecified atom stereocenters. The van der Waals surface area contributed by atoms with Crippen molar-refractivity contribution in [3.05, 3.63) is 46.5 Å². The van der Waals surface area contributed by atoms with Gasteiger partial charge in [-0.15, -0.1) is 0 Å². The van der Waals surface area contributed by atoms with Crippen LogP contribution in [0.3, 0.4) is 0 Å². The van der Waals surface area contributed by atoms with E-state index in [9.17, 15) is 0 Å². The lowest BCUT2D eigenvalue weighted by molar-refractivity contribution is 0.348. The van der Waals surface area contributed by atoms with Gasteiger partial charge in [0.15, 0.2) is 0 Å². The van der Waals surface area contributed by atoms with E-state index in [1.54, 1.807) is 0 Å². The van der Waals surface area contributed by atoms with Gasteiger partial charge in [0.1, 0.15) is 23.0 Å². The second-order valence-corrected chi connectivity index (χ2v) is 14.0. The molecule has 0 saturated carbocycles. The average Bonchev–Trinajstić information content (AvgIpc) is 3.75. The normalized spacial score (nSPS) is 14.9. The maximum atomic E-state index is 6.78. The third-order valence-corrected chi connectivity index (χ3v) is 10.4. The standard InChI is InChI=1S/C42H66O3/c1-5-9-11-13-15-17-19-23-33(21-7-3)35-25-27-39(37-29-31-43-41(35)37)45-40-28-26-36(42-38(40)30-32-44-42)34(22-8-4)24-20-18-16-14-12-10-6-2/h25-28,33-34H,5-24,29-32H2,1-4H3. The fourth-order valence-electron chi connectivity index (χ4n) is 7.84. The van der Waals surface area contributed by atoms with E-state index in [2.05, 4.69) is 52.0 Å². The maximum absolute atomic E-state index is 6.78. The Hall–Kier alpha value is -2.16. The largest absolute Gasteiger partial charge is 0.493 e. The molecule has 3 heteroatoms. The van der Waals surface area contributed by atoms with Crippen molar-refractivity contribution < 1.29 is 14.2 Å². The summed E-state index contributed by atoms with van der Waals surface area (Å²) in [6.07, 6.45) is 28.4. The Labute approximate surface area is 277 Å². The average molecular weight is 619 g/mol. The molecule has 252 valence electrons. The molecule has 0 aliphatic carbocycles. The molecule has 0 radical (unpaired) electrons. The summed E-state index contributed by atoms with van der Waals surface area (Å²) < 4.78 is 19.5. The molecule has 2 atom stereocenters. The van der Waals surface area contributed by atoms with Gasteiger partial charge in [-0.3, -0.25) is 0 Å². The summed E-state index contributed by atoms with van der Waals surface area (Å²) in [6.45, 7) is 10.8. The Morgan fingerprint density at radius 3 is 1.29 bits per heavy atom. The molecule has 0 saturated heterocycles. The van der Waals surface area contributed by atoms with Crippen molar-refractivity contribution in [3.63, 3.8) is 0 Å². The predicted octanol–water partition coefficient (Wildman–Crippen LogP) is 13.4. The molecule has 3 nitrogen and oxygen atoms in total. The third-order valence-electron chi connectivity index (χ3n) is 10.4. The molecule has 2 aliphatic heterocycles. The number of fused-ring (bicyclic) bond motifs is 2. The van der Waals surface area contributed by atoms with Crippen molar-refractivity contribution in [2.45, 2.75) is 181 Å². The van der Waals surface area contributed by atoms with Crippen molar-refractivity contribution in [2.24, 2.45) is 0 Å². The van der Waals surface area contributed by atoms with Crippen LogP contribution in [0.2, 0.25) is 0 Å². The monoisotopic (exact) mass is 619 g/mol. The minimum atomic E-state index is 0.579. The highest BCUT2D eigenvalue weighted by atomic mass is 16.5. The van der Waals surface area contributed by atoms with E-state index in [0.29, 0.717) is 11.8 Å². The Kier molecular flexibility index (Phi) is 16.0. The smallest absolute Gasteiger partial charge is 0.134 e. The second-order valence-electron chi connectivity index (χ2n) is 14.0. The lowest BCUT2D eigenvalue weighted by Crippen LogP contribution is -2.04. The molecule has 2 heterocycles. The van der Waals surface area contributed by atoms with Gasteiger partial charge in [-0.2, -0.15) is 0 Å². The van der Waals surface area contributed by atoms with Crippen LogP contribution < -0.4 is 14.2 Å². The van der Waals surface area contributed by atoms with Crippen molar-refractivity contribution in [2.75, 3.05) is 13.2 Å². The zero-order chi connectivity index (χ0) is 31.7. The first-order valence-corrected chi connectivity index (χ1v) is 19.5. The lowest BCUT2D eigenvalue weighted by atomic mass is 9.87. The predicted molar refractivity (Wildman–Crippen MR) is 192 cm³/mol. The van der Waals surface area contributed by atoms with Crippen molar-refractivity contribution >= 4 is 0 Å². The van der Waals surface area contributed by atoms with Crippen molar-refractivity contribution in [1.29, 1.82) is 0 Å². The van der Waals surface area contributed by atoms with E-state index in [-0.39, 0.29) is 0 Å². The van der Waals surface area contributed by atoms with Crippen molar-refractivity contribution in [1.82, 2.24) is 0 Å². The topological polar surface area (TPSA) is 27.7 Å². The van der Waals surface area contributed by atoms with Crippen LogP contribution in [0, 0.1) is 0 Å². The lowest BCUT2D eigenvalue weighted by Gasteiger charge is -2.22. The van der Waals surface area contributed by atoms with Crippen LogP contribution in [-0.4, -0.2) is 13.2 Å². The minimum Gasteiger partial charge on any atom is -0.493 e. The second kappa shape index (κ2) is 20.2. The summed E-state index contributed by atoms with van der Waals surface area (Å²) in [7, 11) is 0. The van der Waals surface area contributed by atoms with E-state index in [1.807, 2.05) is 0 Å². The first-order chi connectivity index (χ1) is 22.2. The first-order valence-electron chi connectivity index (χ1n) is 19.5. The molecule has 45 heavy (non-hydrogen) atoms. The van der Waals surface area contributed by atoms with Crippen LogP contribution in [0.15, 0.2) is 24.3 Å². The van der Waals surface area contributed by atoms with Crippen LogP contribution in [0.25, 0.3) is 0 Å². The van der Waals surface area contributed by atoms with E-state index in [4.69, 9.17) is 14.2 Å². The van der Waals surface area contributed by atoms with Crippen LogP contribution >= 0.6 is 0 Å². The molecule has 2 aliphatic rings. The Morgan fingerprint density at radius 1 is 0.489 bits per heavy atom. The van der Waals surface area contributed by atoms with E-state index in [0.717, 1.165) is 49.1 Å². The van der Waals surface area contributed by atoms with Crippen LogP contribution in [0.1, 0.15) is 190 Å². The molecule has 0 fully saturated rings. The molecule has 0 N–H and O–H groups in total. The molecule has 2 aromatic carbocycles. The van der Waals surface area contributed by atoms with Gasteiger partial charge in [-0.05, 0) is 60.8 Å². The van der Waals surface area contributed by atoms with E-state index >= 15 is 0 Å². The van der Waals surface area contributed by atoms with Crippen LogP contribution in [0.4, 0.5) is 0 Å². The Balaban J connectivity index is 1.43. The SMILES string of the molecule is CCCCCCCCCC(CCC)c1ccc(Oc2ccc(C(CCC)CCCCCCCCC)c3c2CCO3)c2c1OCC2. The fraction of sp³-hybridized carbons (Fsp3) is 0.714. The Morgan fingerprint density at radius 2 is 0.889 bits per heavy atom. The van der Waals surface area contributed by atoms with Crippen LogP contribution in [-0.2, 0) is 12.8 Å². The summed E-state index contributed by atoms with van der Waals surface area (Å²) in [5.74, 6) is 5.36.